The number of piperidine rings is 1. The minimum atomic E-state index is -4.43. The Kier molecular flexibility index (Phi) is 6.03. The van der Waals surface area contributed by atoms with Crippen LogP contribution >= 0.6 is 0 Å². The molecule has 3 aliphatic rings. The second-order valence-corrected chi connectivity index (χ2v) is 11.6. The Morgan fingerprint density at radius 3 is 2.47 bits per heavy atom. The maximum atomic E-state index is 14.3. The number of nitrogens with one attached hydrogen (secondary N) is 2. The first kappa shape index (κ1) is 24.6. The van der Waals surface area contributed by atoms with Crippen LogP contribution in [-0.2, 0) is 20.2 Å². The van der Waals surface area contributed by atoms with Gasteiger partial charge >= 0.3 is 0 Å². The molecule has 2 aromatic carbocycles. The van der Waals surface area contributed by atoms with Crippen molar-refractivity contribution in [1.29, 1.82) is 0 Å². The summed E-state index contributed by atoms with van der Waals surface area (Å²) in [6, 6.07) is 5.12. The fourth-order valence-electron chi connectivity index (χ4n) is 5.41. The number of carbonyl (C=O) groups is 2. The molecule has 2 aliphatic heterocycles. The molecule has 11 heteroatoms. The Morgan fingerprint density at radius 2 is 1.86 bits per heavy atom. The van der Waals surface area contributed by atoms with Crippen molar-refractivity contribution in [2.75, 3.05) is 37.2 Å². The summed E-state index contributed by atoms with van der Waals surface area (Å²) in [6.45, 7) is 1.70. The lowest BCUT2D eigenvalue weighted by molar-refractivity contribution is -0.123. The molecule has 1 spiro atoms. The number of nitrogens with zero attached hydrogens (tertiary/aromatic N) is 2. The van der Waals surface area contributed by atoms with Gasteiger partial charge in [0, 0.05) is 19.2 Å². The van der Waals surface area contributed by atoms with Crippen LogP contribution in [0.1, 0.15) is 48.0 Å². The normalized spacial score (nSPS) is 19.5. The van der Waals surface area contributed by atoms with Crippen molar-refractivity contribution in [2.45, 2.75) is 48.5 Å². The SMILES string of the molecule is CN1CCC(N(C)C(=O)c2cc(NS(=O)(=O)c3ccc(F)cc3F)cc3c2NC(=O)C32CCC2)CC1. The number of benzene rings is 2. The Hall–Kier alpha value is -3.05. The van der Waals surface area contributed by atoms with Crippen molar-refractivity contribution in [3.05, 3.63) is 53.1 Å². The van der Waals surface area contributed by atoms with Crippen molar-refractivity contribution in [1.82, 2.24) is 9.80 Å². The molecular weight excluding hydrogens is 490 g/mol. The van der Waals surface area contributed by atoms with Crippen molar-refractivity contribution < 1.29 is 26.8 Å². The van der Waals surface area contributed by atoms with Crippen LogP contribution in [0.4, 0.5) is 20.2 Å². The number of fused-ring (bicyclic) bond motifs is 2. The molecule has 2 fully saturated rings. The topological polar surface area (TPSA) is 98.8 Å². The fourth-order valence-corrected chi connectivity index (χ4v) is 6.51. The average Bonchev–Trinajstić information content (AvgIpc) is 3.09. The van der Waals surface area contributed by atoms with Gasteiger partial charge in [-0.05, 0) is 75.6 Å². The number of sulfonamides is 1. The van der Waals surface area contributed by atoms with E-state index in [1.807, 2.05) is 7.05 Å². The largest absolute Gasteiger partial charge is 0.339 e. The lowest BCUT2D eigenvalue weighted by Gasteiger charge is -2.37. The summed E-state index contributed by atoms with van der Waals surface area (Å²) in [5, 5.41) is 2.87. The van der Waals surface area contributed by atoms with Crippen LogP contribution in [-0.4, -0.2) is 63.3 Å². The molecule has 0 bridgehead atoms. The molecule has 2 amide bonds. The molecule has 1 saturated heterocycles. The molecule has 1 saturated carbocycles. The van der Waals surface area contributed by atoms with E-state index in [0.29, 0.717) is 30.2 Å². The van der Waals surface area contributed by atoms with Gasteiger partial charge < -0.3 is 15.1 Å². The van der Waals surface area contributed by atoms with E-state index in [1.54, 1.807) is 11.9 Å². The Bertz CT molecular complexity index is 1350. The van der Waals surface area contributed by atoms with Crippen molar-refractivity contribution in [2.24, 2.45) is 0 Å². The van der Waals surface area contributed by atoms with Gasteiger partial charge in [-0.15, -0.1) is 0 Å². The molecule has 0 atom stereocenters. The monoisotopic (exact) mass is 518 g/mol. The number of likely N-dealkylation sites (tertiary alicyclic amines) is 1. The molecule has 2 aromatic rings. The van der Waals surface area contributed by atoms with E-state index in [9.17, 15) is 26.8 Å². The molecule has 2 heterocycles. The van der Waals surface area contributed by atoms with Crippen LogP contribution in [0.15, 0.2) is 35.2 Å². The van der Waals surface area contributed by atoms with Crippen LogP contribution in [0, 0.1) is 11.6 Å². The minimum absolute atomic E-state index is 0.00720. The zero-order valence-electron chi connectivity index (χ0n) is 20.1. The summed E-state index contributed by atoms with van der Waals surface area (Å²) in [7, 11) is -0.695. The van der Waals surface area contributed by atoms with E-state index in [1.165, 1.54) is 12.1 Å². The number of halogens is 2. The van der Waals surface area contributed by atoms with Gasteiger partial charge in [0.05, 0.1) is 22.4 Å². The quantitative estimate of drug-likeness (QED) is 0.633. The molecular formula is C25H28F2N4O4S. The summed E-state index contributed by atoms with van der Waals surface area (Å²) < 4.78 is 55.9. The number of amides is 2. The van der Waals surface area contributed by atoms with Crippen LogP contribution in [0.2, 0.25) is 0 Å². The summed E-state index contributed by atoms with van der Waals surface area (Å²) in [6.07, 6.45) is 3.61. The highest BCUT2D eigenvalue weighted by molar-refractivity contribution is 7.92. The number of hydrogen-bond acceptors (Lipinski definition) is 5. The third-order valence-electron chi connectivity index (χ3n) is 7.76. The molecule has 0 aromatic heterocycles. The molecule has 192 valence electrons. The van der Waals surface area contributed by atoms with E-state index in [-0.39, 0.29) is 29.1 Å². The fraction of sp³-hybridized carbons (Fsp3) is 0.440. The third-order valence-corrected chi connectivity index (χ3v) is 9.17. The van der Waals surface area contributed by atoms with E-state index >= 15 is 0 Å². The predicted octanol–water partition coefficient (Wildman–Crippen LogP) is 3.31. The molecule has 2 N–H and O–H groups in total. The van der Waals surface area contributed by atoms with Crippen molar-refractivity contribution >= 4 is 33.2 Å². The minimum Gasteiger partial charge on any atom is -0.339 e. The molecule has 5 rings (SSSR count). The maximum absolute atomic E-state index is 14.3. The second kappa shape index (κ2) is 8.81. The van der Waals surface area contributed by atoms with Gasteiger partial charge in [0.15, 0.2) is 0 Å². The Labute approximate surface area is 208 Å². The number of carbonyl (C=O) groups excluding carboxylic acids is 2. The molecule has 0 unspecified atom stereocenters. The third kappa shape index (κ3) is 4.03. The Balaban J connectivity index is 1.54. The van der Waals surface area contributed by atoms with Crippen molar-refractivity contribution in [3.63, 3.8) is 0 Å². The molecule has 0 radical (unpaired) electrons. The molecule has 8 nitrogen and oxygen atoms in total. The lowest BCUT2D eigenvalue weighted by Crippen LogP contribution is -2.44. The highest BCUT2D eigenvalue weighted by Crippen LogP contribution is 2.53. The van der Waals surface area contributed by atoms with Gasteiger partial charge in [-0.1, -0.05) is 6.42 Å². The van der Waals surface area contributed by atoms with Gasteiger partial charge in [-0.25, -0.2) is 17.2 Å². The number of rotatable bonds is 5. The summed E-state index contributed by atoms with van der Waals surface area (Å²) in [5.74, 6) is -2.66. The van der Waals surface area contributed by atoms with E-state index in [4.69, 9.17) is 0 Å². The van der Waals surface area contributed by atoms with E-state index in [2.05, 4.69) is 14.9 Å². The average molecular weight is 519 g/mol. The molecule has 36 heavy (non-hydrogen) atoms. The van der Waals surface area contributed by atoms with Gasteiger partial charge in [0.1, 0.15) is 16.5 Å². The van der Waals surface area contributed by atoms with Gasteiger partial charge in [-0.3, -0.25) is 14.3 Å². The second-order valence-electron chi connectivity index (χ2n) is 9.97. The number of anilines is 2. The smallest absolute Gasteiger partial charge is 0.264 e. The summed E-state index contributed by atoms with van der Waals surface area (Å²) >= 11 is 0. The first-order chi connectivity index (χ1) is 17.0. The molecule has 1 aliphatic carbocycles. The van der Waals surface area contributed by atoms with Crippen LogP contribution in [0.3, 0.4) is 0 Å². The van der Waals surface area contributed by atoms with E-state index < -0.39 is 32.0 Å². The number of hydrogen-bond donors (Lipinski definition) is 2. The van der Waals surface area contributed by atoms with Crippen LogP contribution in [0.25, 0.3) is 0 Å². The lowest BCUT2D eigenvalue weighted by atomic mass is 9.65. The van der Waals surface area contributed by atoms with Gasteiger partial charge in [-0.2, -0.15) is 0 Å². The zero-order chi connectivity index (χ0) is 25.8. The van der Waals surface area contributed by atoms with Gasteiger partial charge in [0.2, 0.25) is 5.91 Å². The van der Waals surface area contributed by atoms with Crippen LogP contribution in [0.5, 0.6) is 0 Å². The van der Waals surface area contributed by atoms with Gasteiger partial charge in [0.25, 0.3) is 15.9 Å². The van der Waals surface area contributed by atoms with Crippen LogP contribution < -0.4 is 10.0 Å². The first-order valence-corrected chi connectivity index (χ1v) is 13.4. The summed E-state index contributed by atoms with van der Waals surface area (Å²) in [5.41, 5.74) is 0.391. The highest BCUT2D eigenvalue weighted by atomic mass is 32.2. The summed E-state index contributed by atoms with van der Waals surface area (Å²) in [4.78, 5) is 29.7. The standard InChI is InChI=1S/C25H28F2N4O4S/c1-30-10-6-17(7-11-30)31(2)23(32)18-13-16(14-19-22(18)28-24(33)25(19)8-3-9-25)29-36(34,35)21-5-4-15(26)12-20(21)27/h4-5,12-14,17,29H,3,6-11H2,1-2H3,(H,28,33). The maximum Gasteiger partial charge on any atom is 0.264 e. The highest BCUT2D eigenvalue weighted by Gasteiger charge is 2.52. The first-order valence-electron chi connectivity index (χ1n) is 12.0. The van der Waals surface area contributed by atoms with Crippen molar-refractivity contribution in [3.8, 4) is 0 Å². The Morgan fingerprint density at radius 1 is 1.17 bits per heavy atom. The predicted molar refractivity (Wildman–Crippen MR) is 130 cm³/mol. The zero-order valence-corrected chi connectivity index (χ0v) is 20.9. The van der Waals surface area contributed by atoms with E-state index in [0.717, 1.165) is 44.5 Å².